The van der Waals surface area contributed by atoms with Crippen molar-refractivity contribution in [3.63, 3.8) is 0 Å². The molecule has 1 aromatic carbocycles. The van der Waals surface area contributed by atoms with Crippen molar-refractivity contribution < 1.29 is 9.72 Å². The number of hydrogen-bond donors (Lipinski definition) is 3. The number of rotatable bonds is 7. The average molecular weight is 379 g/mol. The van der Waals surface area contributed by atoms with Crippen LogP contribution in [0.3, 0.4) is 0 Å². The van der Waals surface area contributed by atoms with Crippen LogP contribution in [0.15, 0.2) is 55.1 Å². The highest BCUT2D eigenvalue weighted by Gasteiger charge is 2.23. The predicted octanol–water partition coefficient (Wildman–Crippen LogP) is 2.46. The number of nitrogens with zero attached hydrogens (tertiary/aromatic N) is 4. The number of aromatic nitrogens is 3. The molecule has 10 heteroatoms. The van der Waals surface area contributed by atoms with Crippen LogP contribution in [0.2, 0.25) is 0 Å². The second-order valence-corrected chi connectivity index (χ2v) is 5.84. The number of nitrogens with one attached hydrogen (secondary N) is 3. The second-order valence-electron chi connectivity index (χ2n) is 5.84. The van der Waals surface area contributed by atoms with E-state index in [1.54, 1.807) is 42.7 Å². The molecule has 3 rings (SSSR count). The Morgan fingerprint density at radius 1 is 1.14 bits per heavy atom. The van der Waals surface area contributed by atoms with E-state index in [1.165, 1.54) is 6.33 Å². The van der Waals surface area contributed by atoms with Crippen molar-refractivity contribution >= 4 is 23.2 Å². The van der Waals surface area contributed by atoms with E-state index in [4.69, 9.17) is 0 Å². The Hall–Kier alpha value is -4.08. The number of pyridine rings is 1. The smallest absolute Gasteiger partial charge is 0.354 e. The highest BCUT2D eigenvalue weighted by atomic mass is 16.6. The van der Waals surface area contributed by atoms with Gasteiger partial charge in [0.1, 0.15) is 6.33 Å². The van der Waals surface area contributed by atoms with Gasteiger partial charge in [-0.3, -0.25) is 30.7 Å². The standard InChI is InChI=1S/C18H17N7O3/c1-12-4-6-14(7-5-12)18(26)24-23-17-15(25(27)28)16(21-11-22-17)20-10-13-3-2-8-19-9-13/h2-9,11H,10H2,1H3,(H,24,26)(H2,20,21,22,23). The molecule has 0 aliphatic heterocycles. The van der Waals surface area contributed by atoms with E-state index in [2.05, 4.69) is 31.1 Å². The van der Waals surface area contributed by atoms with Gasteiger partial charge in [-0.15, -0.1) is 0 Å². The van der Waals surface area contributed by atoms with Crippen LogP contribution < -0.4 is 16.2 Å². The number of aryl methyl sites for hydroxylation is 1. The molecule has 3 N–H and O–H groups in total. The summed E-state index contributed by atoms with van der Waals surface area (Å²) < 4.78 is 0. The maximum absolute atomic E-state index is 12.2. The molecule has 142 valence electrons. The van der Waals surface area contributed by atoms with Gasteiger partial charge in [0.15, 0.2) is 0 Å². The molecule has 0 aliphatic rings. The Morgan fingerprint density at radius 2 is 1.89 bits per heavy atom. The molecule has 0 saturated heterocycles. The van der Waals surface area contributed by atoms with Crippen LogP contribution >= 0.6 is 0 Å². The molecule has 0 spiro atoms. The minimum Gasteiger partial charge on any atom is -0.360 e. The summed E-state index contributed by atoms with van der Waals surface area (Å²) >= 11 is 0. The summed E-state index contributed by atoms with van der Waals surface area (Å²) in [4.78, 5) is 34.9. The molecule has 3 aromatic rings. The lowest BCUT2D eigenvalue weighted by Crippen LogP contribution is -2.30. The van der Waals surface area contributed by atoms with Gasteiger partial charge >= 0.3 is 5.69 Å². The molecule has 0 unspecified atom stereocenters. The van der Waals surface area contributed by atoms with Crippen LogP contribution in [0, 0.1) is 17.0 Å². The highest BCUT2D eigenvalue weighted by Crippen LogP contribution is 2.28. The summed E-state index contributed by atoms with van der Waals surface area (Å²) in [6, 6.07) is 10.5. The van der Waals surface area contributed by atoms with Gasteiger partial charge in [0.2, 0.25) is 11.6 Å². The fourth-order valence-electron chi connectivity index (χ4n) is 2.35. The van der Waals surface area contributed by atoms with Crippen LogP contribution in [-0.2, 0) is 6.54 Å². The monoisotopic (exact) mass is 379 g/mol. The number of nitro groups is 1. The van der Waals surface area contributed by atoms with Crippen LogP contribution in [-0.4, -0.2) is 25.8 Å². The lowest BCUT2D eigenvalue weighted by Gasteiger charge is -2.11. The van der Waals surface area contributed by atoms with Gasteiger partial charge in [0.25, 0.3) is 5.91 Å². The van der Waals surface area contributed by atoms with E-state index < -0.39 is 10.8 Å². The van der Waals surface area contributed by atoms with E-state index >= 15 is 0 Å². The first-order chi connectivity index (χ1) is 13.5. The topological polar surface area (TPSA) is 135 Å². The zero-order chi connectivity index (χ0) is 19.9. The lowest BCUT2D eigenvalue weighted by molar-refractivity contribution is -0.383. The molecule has 0 fully saturated rings. The Bertz CT molecular complexity index is 978. The number of hydrazine groups is 1. The molecule has 0 aliphatic carbocycles. The van der Waals surface area contributed by atoms with Gasteiger partial charge < -0.3 is 5.32 Å². The number of carbonyl (C=O) groups excluding carboxylic acids is 1. The van der Waals surface area contributed by atoms with Crippen LogP contribution in [0.4, 0.5) is 17.3 Å². The number of amides is 1. The summed E-state index contributed by atoms with van der Waals surface area (Å²) in [5, 5.41) is 14.4. The third-order valence-electron chi connectivity index (χ3n) is 3.80. The molecule has 28 heavy (non-hydrogen) atoms. The third-order valence-corrected chi connectivity index (χ3v) is 3.80. The van der Waals surface area contributed by atoms with Crippen molar-refractivity contribution in [2.24, 2.45) is 0 Å². The van der Waals surface area contributed by atoms with Gasteiger partial charge in [-0.05, 0) is 30.7 Å². The van der Waals surface area contributed by atoms with Gasteiger partial charge in [0.05, 0.1) is 4.92 Å². The summed E-state index contributed by atoms with van der Waals surface area (Å²) in [6.45, 7) is 2.20. The van der Waals surface area contributed by atoms with Crippen molar-refractivity contribution in [3.05, 3.63) is 81.9 Å². The Labute approximate surface area is 160 Å². The fraction of sp³-hybridized carbons (Fsp3) is 0.111. The maximum atomic E-state index is 12.2. The molecule has 2 heterocycles. The summed E-state index contributed by atoms with van der Waals surface area (Å²) in [5.74, 6) is -0.553. The lowest BCUT2D eigenvalue weighted by atomic mass is 10.1. The Kier molecular flexibility index (Phi) is 5.70. The molecule has 0 bridgehead atoms. The molecular formula is C18H17N7O3. The largest absolute Gasteiger partial charge is 0.360 e. The molecule has 0 radical (unpaired) electrons. The quantitative estimate of drug-likeness (QED) is 0.421. The third kappa shape index (κ3) is 4.55. The van der Waals surface area contributed by atoms with E-state index in [0.717, 1.165) is 11.1 Å². The molecular weight excluding hydrogens is 362 g/mol. The van der Waals surface area contributed by atoms with Crippen molar-refractivity contribution in [1.29, 1.82) is 0 Å². The van der Waals surface area contributed by atoms with E-state index in [0.29, 0.717) is 12.1 Å². The van der Waals surface area contributed by atoms with Crippen molar-refractivity contribution in [3.8, 4) is 0 Å². The highest BCUT2D eigenvalue weighted by molar-refractivity contribution is 5.95. The number of carbonyl (C=O) groups is 1. The fourth-order valence-corrected chi connectivity index (χ4v) is 2.35. The molecule has 0 atom stereocenters. The van der Waals surface area contributed by atoms with E-state index in [9.17, 15) is 14.9 Å². The number of anilines is 2. The minimum atomic E-state index is -0.619. The van der Waals surface area contributed by atoms with Crippen molar-refractivity contribution in [2.75, 3.05) is 10.7 Å². The number of benzene rings is 1. The van der Waals surface area contributed by atoms with Gasteiger partial charge in [-0.1, -0.05) is 23.8 Å². The zero-order valence-corrected chi connectivity index (χ0v) is 14.9. The van der Waals surface area contributed by atoms with Gasteiger partial charge in [-0.2, -0.15) is 0 Å². The Morgan fingerprint density at radius 3 is 2.57 bits per heavy atom. The molecule has 10 nitrogen and oxygen atoms in total. The Balaban J connectivity index is 1.74. The van der Waals surface area contributed by atoms with Gasteiger partial charge in [-0.25, -0.2) is 9.97 Å². The summed E-state index contributed by atoms with van der Waals surface area (Å²) in [7, 11) is 0. The molecule has 0 saturated carbocycles. The zero-order valence-electron chi connectivity index (χ0n) is 14.9. The molecule has 2 aromatic heterocycles. The van der Waals surface area contributed by atoms with Crippen molar-refractivity contribution in [1.82, 2.24) is 20.4 Å². The van der Waals surface area contributed by atoms with E-state index in [-0.39, 0.29) is 17.3 Å². The first-order valence-electron chi connectivity index (χ1n) is 8.30. The first-order valence-corrected chi connectivity index (χ1v) is 8.30. The van der Waals surface area contributed by atoms with Crippen LogP contribution in [0.1, 0.15) is 21.5 Å². The second kappa shape index (κ2) is 8.54. The van der Waals surface area contributed by atoms with Crippen LogP contribution in [0.25, 0.3) is 0 Å². The maximum Gasteiger partial charge on any atom is 0.354 e. The van der Waals surface area contributed by atoms with Gasteiger partial charge in [0, 0.05) is 24.5 Å². The average Bonchev–Trinajstić information content (AvgIpc) is 2.71. The van der Waals surface area contributed by atoms with Crippen molar-refractivity contribution in [2.45, 2.75) is 13.5 Å². The molecule has 1 amide bonds. The van der Waals surface area contributed by atoms with E-state index in [1.807, 2.05) is 13.0 Å². The first kappa shape index (κ1) is 18.7. The summed E-state index contributed by atoms with van der Waals surface area (Å²) in [6.07, 6.45) is 4.44. The minimum absolute atomic E-state index is 0.0240. The SMILES string of the molecule is Cc1ccc(C(=O)NNc2ncnc(NCc3cccnc3)c2[N+](=O)[O-])cc1. The predicted molar refractivity (Wildman–Crippen MR) is 103 cm³/mol. The number of hydrogen-bond acceptors (Lipinski definition) is 8. The van der Waals surface area contributed by atoms with Crippen LogP contribution in [0.5, 0.6) is 0 Å². The summed E-state index contributed by atoms with van der Waals surface area (Å²) in [5.41, 5.74) is 6.78. The normalized spacial score (nSPS) is 10.2.